The molecule has 3 heterocycles. The van der Waals surface area contributed by atoms with Gasteiger partial charge in [0.1, 0.15) is 5.54 Å². The first-order valence-electron chi connectivity index (χ1n) is 8.58. The fourth-order valence-corrected chi connectivity index (χ4v) is 3.78. The third kappa shape index (κ3) is 2.96. The second-order valence-corrected chi connectivity index (χ2v) is 6.85. The Balaban J connectivity index is 1.57. The molecule has 136 valence electrons. The van der Waals surface area contributed by atoms with Crippen LogP contribution in [0.25, 0.3) is 11.3 Å². The van der Waals surface area contributed by atoms with Gasteiger partial charge < -0.3 is 5.32 Å². The van der Waals surface area contributed by atoms with Crippen LogP contribution in [0.4, 0.5) is 13.2 Å². The van der Waals surface area contributed by atoms with E-state index in [2.05, 4.69) is 15.6 Å². The highest BCUT2D eigenvalue weighted by Gasteiger charge is 2.48. The molecule has 4 nitrogen and oxygen atoms in total. The number of halogens is 3. The second kappa shape index (κ2) is 6.09. The lowest BCUT2D eigenvalue weighted by Gasteiger charge is -2.21. The van der Waals surface area contributed by atoms with Gasteiger partial charge in [-0.3, -0.25) is 15.1 Å². The Bertz CT molecular complexity index is 835. The lowest BCUT2D eigenvalue weighted by molar-refractivity contribution is -0.137. The first-order valence-corrected chi connectivity index (χ1v) is 8.58. The number of amides is 1. The third-order valence-electron chi connectivity index (χ3n) is 5.22. The predicted molar refractivity (Wildman–Crippen MR) is 90.1 cm³/mol. The molecular formula is C19H18F3N3O. The van der Waals surface area contributed by atoms with Gasteiger partial charge in [-0.1, -0.05) is 18.2 Å². The standard InChI is InChI=1S/C19H18F3N3O/c20-19(21,22)13-6-4-12(5-7-13)14-2-1-3-15(24-14)16-8-9-18(25-16)10-11-23-17(18)26/h1-7,16,25H,8-11H2,(H,23,26). The quantitative estimate of drug-likeness (QED) is 0.862. The molecule has 1 aromatic heterocycles. The monoisotopic (exact) mass is 361 g/mol. The van der Waals surface area contributed by atoms with E-state index in [1.54, 1.807) is 6.07 Å². The number of hydrogen-bond donors (Lipinski definition) is 2. The summed E-state index contributed by atoms with van der Waals surface area (Å²) in [6, 6.07) is 10.5. The summed E-state index contributed by atoms with van der Waals surface area (Å²) in [5.41, 5.74) is 0.875. The van der Waals surface area contributed by atoms with Gasteiger partial charge in [-0.25, -0.2) is 0 Å². The van der Waals surface area contributed by atoms with E-state index in [1.807, 2.05) is 12.1 Å². The number of benzene rings is 1. The maximum Gasteiger partial charge on any atom is 0.416 e. The van der Waals surface area contributed by atoms with Crippen LogP contribution in [-0.4, -0.2) is 23.0 Å². The number of rotatable bonds is 2. The predicted octanol–water partition coefficient (Wildman–Crippen LogP) is 3.45. The van der Waals surface area contributed by atoms with E-state index in [0.29, 0.717) is 17.8 Å². The molecule has 0 aliphatic carbocycles. The molecule has 2 N–H and O–H groups in total. The zero-order chi connectivity index (χ0) is 18.4. The van der Waals surface area contributed by atoms with E-state index in [9.17, 15) is 18.0 Å². The van der Waals surface area contributed by atoms with Crippen molar-refractivity contribution in [3.05, 3.63) is 53.7 Å². The van der Waals surface area contributed by atoms with Crippen molar-refractivity contribution >= 4 is 5.91 Å². The molecule has 2 aliphatic heterocycles. The summed E-state index contributed by atoms with van der Waals surface area (Å²) in [7, 11) is 0. The highest BCUT2D eigenvalue weighted by molar-refractivity contribution is 5.88. The van der Waals surface area contributed by atoms with E-state index in [-0.39, 0.29) is 11.9 Å². The molecular weight excluding hydrogens is 343 g/mol. The summed E-state index contributed by atoms with van der Waals surface area (Å²) in [5.74, 6) is 0.0406. The molecule has 0 saturated carbocycles. The van der Waals surface area contributed by atoms with E-state index in [1.165, 1.54) is 12.1 Å². The van der Waals surface area contributed by atoms with Crippen molar-refractivity contribution in [2.45, 2.75) is 37.0 Å². The molecule has 4 rings (SSSR count). The molecule has 2 unspecified atom stereocenters. The van der Waals surface area contributed by atoms with Gasteiger partial charge in [0.25, 0.3) is 0 Å². The third-order valence-corrected chi connectivity index (χ3v) is 5.22. The van der Waals surface area contributed by atoms with Crippen molar-refractivity contribution in [1.29, 1.82) is 0 Å². The number of pyridine rings is 1. The lowest BCUT2D eigenvalue weighted by atomic mass is 9.96. The maximum absolute atomic E-state index is 12.7. The zero-order valence-electron chi connectivity index (χ0n) is 13.9. The van der Waals surface area contributed by atoms with Crippen LogP contribution in [0.15, 0.2) is 42.5 Å². The Morgan fingerprint density at radius 2 is 1.85 bits per heavy atom. The highest BCUT2D eigenvalue weighted by Crippen LogP contribution is 2.37. The molecule has 0 bridgehead atoms. The summed E-state index contributed by atoms with van der Waals surface area (Å²) in [4.78, 5) is 16.7. The van der Waals surface area contributed by atoms with Crippen molar-refractivity contribution in [1.82, 2.24) is 15.6 Å². The molecule has 2 aromatic rings. The summed E-state index contributed by atoms with van der Waals surface area (Å²) in [6.07, 6.45) is -2.02. The Kier molecular flexibility index (Phi) is 3.99. The summed E-state index contributed by atoms with van der Waals surface area (Å²) in [6.45, 7) is 0.678. The van der Waals surface area contributed by atoms with E-state index in [4.69, 9.17) is 0 Å². The van der Waals surface area contributed by atoms with Crippen LogP contribution in [0.5, 0.6) is 0 Å². The first kappa shape index (κ1) is 17.0. The Labute approximate surface area is 148 Å². The fourth-order valence-electron chi connectivity index (χ4n) is 3.78. The van der Waals surface area contributed by atoms with Crippen LogP contribution in [0.2, 0.25) is 0 Å². The van der Waals surface area contributed by atoms with Gasteiger partial charge in [-0.05, 0) is 43.5 Å². The van der Waals surface area contributed by atoms with Crippen LogP contribution < -0.4 is 10.6 Å². The molecule has 7 heteroatoms. The minimum absolute atomic E-state index is 0.0340. The minimum Gasteiger partial charge on any atom is -0.354 e. The van der Waals surface area contributed by atoms with Gasteiger partial charge in [0.05, 0.1) is 23.0 Å². The number of carbonyl (C=O) groups is 1. The lowest BCUT2D eigenvalue weighted by Crippen LogP contribution is -2.47. The molecule has 1 aromatic carbocycles. The molecule has 1 amide bonds. The molecule has 26 heavy (non-hydrogen) atoms. The highest BCUT2D eigenvalue weighted by atomic mass is 19.4. The Morgan fingerprint density at radius 1 is 1.08 bits per heavy atom. The number of carbonyl (C=O) groups excluding carboxylic acids is 1. The van der Waals surface area contributed by atoms with E-state index < -0.39 is 17.3 Å². The van der Waals surface area contributed by atoms with Gasteiger partial charge >= 0.3 is 6.18 Å². The zero-order valence-corrected chi connectivity index (χ0v) is 13.9. The SMILES string of the molecule is O=C1NCCC12CCC(c1cccc(-c3ccc(C(F)(F)F)cc3)n1)N2. The molecule has 2 atom stereocenters. The molecule has 0 radical (unpaired) electrons. The second-order valence-electron chi connectivity index (χ2n) is 6.85. The van der Waals surface area contributed by atoms with Gasteiger partial charge in [-0.2, -0.15) is 13.2 Å². The Morgan fingerprint density at radius 3 is 2.50 bits per heavy atom. The van der Waals surface area contributed by atoms with Gasteiger partial charge in [0.15, 0.2) is 0 Å². The Hall–Kier alpha value is -2.41. The topological polar surface area (TPSA) is 54.0 Å². The van der Waals surface area contributed by atoms with Gasteiger partial charge in [-0.15, -0.1) is 0 Å². The smallest absolute Gasteiger partial charge is 0.354 e. The van der Waals surface area contributed by atoms with Crippen molar-refractivity contribution in [2.24, 2.45) is 0 Å². The fraction of sp³-hybridized carbons (Fsp3) is 0.368. The van der Waals surface area contributed by atoms with Crippen LogP contribution in [0.3, 0.4) is 0 Å². The van der Waals surface area contributed by atoms with Crippen LogP contribution in [-0.2, 0) is 11.0 Å². The number of nitrogens with one attached hydrogen (secondary N) is 2. The normalized spacial score (nSPS) is 25.7. The first-order chi connectivity index (χ1) is 12.4. The van der Waals surface area contributed by atoms with Gasteiger partial charge in [0, 0.05) is 12.1 Å². The summed E-state index contributed by atoms with van der Waals surface area (Å²) >= 11 is 0. The van der Waals surface area contributed by atoms with Crippen LogP contribution >= 0.6 is 0 Å². The van der Waals surface area contributed by atoms with Crippen LogP contribution in [0, 0.1) is 0 Å². The number of nitrogens with zero attached hydrogens (tertiary/aromatic N) is 1. The van der Waals surface area contributed by atoms with E-state index >= 15 is 0 Å². The molecule has 2 aliphatic rings. The minimum atomic E-state index is -4.35. The van der Waals surface area contributed by atoms with Crippen molar-refractivity contribution in [2.75, 3.05) is 6.54 Å². The molecule has 2 saturated heterocycles. The van der Waals surface area contributed by atoms with Crippen LogP contribution in [0.1, 0.15) is 36.6 Å². The maximum atomic E-state index is 12.7. The summed E-state index contributed by atoms with van der Waals surface area (Å²) in [5, 5.41) is 6.28. The number of aromatic nitrogens is 1. The number of alkyl halides is 3. The van der Waals surface area contributed by atoms with E-state index in [0.717, 1.165) is 37.1 Å². The van der Waals surface area contributed by atoms with Crippen molar-refractivity contribution in [3.63, 3.8) is 0 Å². The molecule has 1 spiro atoms. The largest absolute Gasteiger partial charge is 0.416 e. The van der Waals surface area contributed by atoms with Crippen molar-refractivity contribution in [3.8, 4) is 11.3 Å². The van der Waals surface area contributed by atoms with Crippen molar-refractivity contribution < 1.29 is 18.0 Å². The molecule has 2 fully saturated rings. The summed E-state index contributed by atoms with van der Waals surface area (Å²) < 4.78 is 38.1. The van der Waals surface area contributed by atoms with Gasteiger partial charge in [0.2, 0.25) is 5.91 Å². The number of hydrogen-bond acceptors (Lipinski definition) is 3. The average Bonchev–Trinajstić information content (AvgIpc) is 3.22. The average molecular weight is 361 g/mol.